The van der Waals surface area contributed by atoms with E-state index in [1.54, 1.807) is 12.1 Å². The van der Waals surface area contributed by atoms with Gasteiger partial charge in [0.05, 0.1) is 6.61 Å². The molecule has 33 heavy (non-hydrogen) atoms. The first-order valence-corrected chi connectivity index (χ1v) is 14.4. The predicted molar refractivity (Wildman–Crippen MR) is 142 cm³/mol. The minimum absolute atomic E-state index is 0. The minimum Gasteiger partial charge on any atom is -0.266 e. The van der Waals surface area contributed by atoms with Crippen LogP contribution in [0, 0.1) is 0 Å². The molecule has 0 saturated carbocycles. The molecule has 0 saturated heterocycles. The second-order valence-corrected chi connectivity index (χ2v) is 10.6. The average molecular weight is 501 g/mol. The van der Waals surface area contributed by atoms with Gasteiger partial charge in [0, 0.05) is 43.1 Å². The van der Waals surface area contributed by atoms with Gasteiger partial charge in [0.1, 0.15) is 4.90 Å². The molecule has 0 heterocycles. The van der Waals surface area contributed by atoms with Crippen LogP contribution in [0.3, 0.4) is 0 Å². The molecule has 0 N–H and O–H groups in total. The van der Waals surface area contributed by atoms with Crippen LogP contribution in [0.5, 0.6) is 0 Å². The van der Waals surface area contributed by atoms with E-state index in [-0.39, 0.29) is 49.2 Å². The number of rotatable bonds is 19. The maximum Gasteiger partial charge on any atom is 0.297 e. The first-order valence-electron chi connectivity index (χ1n) is 13.0. The molecule has 5 heteroatoms. The van der Waals surface area contributed by atoms with Gasteiger partial charge in [0.25, 0.3) is 10.1 Å². The summed E-state index contributed by atoms with van der Waals surface area (Å²) < 4.78 is 30.5. The number of fused-ring (bicyclic) bond motifs is 1. The Morgan fingerprint density at radius 3 is 1.61 bits per heavy atom. The Bertz CT molecular complexity index is 846. The Morgan fingerprint density at radius 1 is 0.606 bits per heavy atom. The van der Waals surface area contributed by atoms with Crippen molar-refractivity contribution < 1.29 is 12.6 Å². The maximum atomic E-state index is 12.6. The SMILES string of the molecule is CCCCCCCCCCCCCCCCCCOS(=O)(=O)c1cccc2ccccc12.[Ca]. The van der Waals surface area contributed by atoms with Crippen LogP contribution in [0.4, 0.5) is 0 Å². The number of hydrogen-bond donors (Lipinski definition) is 0. The molecule has 0 atom stereocenters. The Hall–Kier alpha value is -0.130. The largest absolute Gasteiger partial charge is 0.297 e. The summed E-state index contributed by atoms with van der Waals surface area (Å²) in [6, 6.07) is 12.8. The summed E-state index contributed by atoms with van der Waals surface area (Å²) in [5, 5.41) is 1.64. The van der Waals surface area contributed by atoms with E-state index in [2.05, 4.69) is 6.92 Å². The number of unbranched alkanes of at least 4 members (excludes halogenated alkanes) is 15. The summed E-state index contributed by atoms with van der Waals surface area (Å²) in [6.45, 7) is 2.54. The maximum absolute atomic E-state index is 12.6. The fourth-order valence-corrected chi connectivity index (χ4v) is 5.46. The molecule has 182 valence electrons. The van der Waals surface area contributed by atoms with E-state index >= 15 is 0 Å². The third-order valence-electron chi connectivity index (χ3n) is 6.26. The molecule has 2 radical (unpaired) electrons. The van der Waals surface area contributed by atoms with Gasteiger partial charge >= 0.3 is 0 Å². The van der Waals surface area contributed by atoms with Crippen molar-refractivity contribution in [2.24, 2.45) is 0 Å². The molecule has 0 aliphatic rings. The first kappa shape index (κ1) is 30.9. The van der Waals surface area contributed by atoms with Crippen LogP contribution in [0.25, 0.3) is 10.8 Å². The Labute approximate surface area is 233 Å². The third kappa shape index (κ3) is 12.9. The van der Waals surface area contributed by atoms with Gasteiger partial charge < -0.3 is 0 Å². The van der Waals surface area contributed by atoms with E-state index in [4.69, 9.17) is 4.18 Å². The first-order chi connectivity index (χ1) is 15.6. The molecule has 2 rings (SSSR count). The van der Waals surface area contributed by atoms with Crippen LogP contribution in [-0.4, -0.2) is 52.8 Å². The zero-order valence-electron chi connectivity index (χ0n) is 20.9. The van der Waals surface area contributed by atoms with Crippen molar-refractivity contribution in [3.63, 3.8) is 0 Å². The molecular formula is C28H44CaO3S. The van der Waals surface area contributed by atoms with Crippen LogP contribution >= 0.6 is 0 Å². The van der Waals surface area contributed by atoms with Gasteiger partial charge in [-0.15, -0.1) is 0 Å². The molecule has 3 nitrogen and oxygen atoms in total. The summed E-state index contributed by atoms with van der Waals surface area (Å²) in [6.07, 6.45) is 20.8. The van der Waals surface area contributed by atoms with Crippen LogP contribution in [0.1, 0.15) is 110 Å². The average Bonchev–Trinajstić information content (AvgIpc) is 2.80. The van der Waals surface area contributed by atoms with Crippen LogP contribution in [0.2, 0.25) is 0 Å². The van der Waals surface area contributed by atoms with E-state index in [9.17, 15) is 8.42 Å². The van der Waals surface area contributed by atoms with E-state index in [1.165, 1.54) is 83.5 Å². The van der Waals surface area contributed by atoms with Crippen molar-refractivity contribution in [1.29, 1.82) is 0 Å². The summed E-state index contributed by atoms with van der Waals surface area (Å²) in [4.78, 5) is 0.270. The number of hydrogen-bond acceptors (Lipinski definition) is 3. The zero-order valence-corrected chi connectivity index (χ0v) is 23.9. The monoisotopic (exact) mass is 500 g/mol. The van der Waals surface area contributed by atoms with Gasteiger partial charge in [0.2, 0.25) is 0 Å². The van der Waals surface area contributed by atoms with Crippen molar-refractivity contribution in [3.8, 4) is 0 Å². The smallest absolute Gasteiger partial charge is 0.266 e. The summed E-state index contributed by atoms with van der Waals surface area (Å²) >= 11 is 0. The van der Waals surface area contributed by atoms with Crippen molar-refractivity contribution >= 4 is 58.6 Å². The molecule has 2 aromatic rings. The van der Waals surface area contributed by atoms with E-state index in [0.717, 1.165) is 30.0 Å². The van der Waals surface area contributed by atoms with Crippen molar-refractivity contribution in [2.45, 2.75) is 115 Å². The second-order valence-electron chi connectivity index (χ2n) is 9.06. The summed E-state index contributed by atoms with van der Waals surface area (Å²) in [7, 11) is -3.71. The van der Waals surface area contributed by atoms with E-state index in [0.29, 0.717) is 0 Å². The second kappa shape index (κ2) is 19.1. The summed E-state index contributed by atoms with van der Waals surface area (Å²) in [5.41, 5.74) is 0. The fourth-order valence-electron chi connectivity index (χ4n) is 4.30. The fraction of sp³-hybridized carbons (Fsp3) is 0.643. The van der Waals surface area contributed by atoms with Crippen molar-refractivity contribution in [1.82, 2.24) is 0 Å². The Kier molecular flexibility index (Phi) is 17.9. The van der Waals surface area contributed by atoms with Gasteiger partial charge in [-0.2, -0.15) is 8.42 Å². The van der Waals surface area contributed by atoms with Crippen molar-refractivity contribution in [2.75, 3.05) is 6.61 Å². The zero-order chi connectivity index (χ0) is 22.9. The van der Waals surface area contributed by atoms with Crippen LogP contribution in [-0.2, 0) is 14.3 Å². The Balaban J connectivity index is 0.00000544. The quantitative estimate of drug-likeness (QED) is 0.110. The topological polar surface area (TPSA) is 43.4 Å². The summed E-state index contributed by atoms with van der Waals surface area (Å²) in [5.74, 6) is 0. The molecule has 0 spiro atoms. The van der Waals surface area contributed by atoms with Gasteiger partial charge in [0.15, 0.2) is 0 Å². The van der Waals surface area contributed by atoms with Crippen LogP contribution < -0.4 is 0 Å². The van der Waals surface area contributed by atoms with Crippen molar-refractivity contribution in [3.05, 3.63) is 42.5 Å². The van der Waals surface area contributed by atoms with Gasteiger partial charge in [-0.05, 0) is 17.9 Å². The Morgan fingerprint density at radius 2 is 1.06 bits per heavy atom. The van der Waals surface area contributed by atoms with Gasteiger partial charge in [-0.1, -0.05) is 140 Å². The third-order valence-corrected chi connectivity index (χ3v) is 7.63. The molecule has 0 amide bonds. The molecule has 2 aromatic carbocycles. The molecular weight excluding hydrogens is 456 g/mol. The predicted octanol–water partition coefficient (Wildman–Crippen LogP) is 8.43. The van der Waals surface area contributed by atoms with E-state index < -0.39 is 10.1 Å². The van der Waals surface area contributed by atoms with Gasteiger partial charge in [-0.25, -0.2) is 0 Å². The standard InChI is InChI=1S/C28H44O3S.Ca/c1-2-3-4-5-6-7-8-9-10-11-12-13-14-15-16-19-25-31-32(29,30)28-24-20-22-26-21-17-18-23-27(26)28;/h17-18,20-24H,2-16,19,25H2,1H3;. The molecule has 0 aliphatic carbocycles. The number of benzene rings is 2. The molecule has 0 aromatic heterocycles. The van der Waals surface area contributed by atoms with Gasteiger partial charge in [-0.3, -0.25) is 4.18 Å². The molecule has 0 bridgehead atoms. The van der Waals surface area contributed by atoms with E-state index in [1.807, 2.05) is 30.3 Å². The molecule has 0 aliphatic heterocycles. The normalized spacial score (nSPS) is 11.5. The molecule has 0 fully saturated rings. The van der Waals surface area contributed by atoms with Crippen LogP contribution in [0.15, 0.2) is 47.4 Å². The molecule has 0 unspecified atom stereocenters. The minimum atomic E-state index is -3.71.